The summed E-state index contributed by atoms with van der Waals surface area (Å²) in [7, 11) is 0. The first-order valence-electron chi connectivity index (χ1n) is 8.90. The van der Waals surface area contributed by atoms with Crippen molar-refractivity contribution in [3.8, 4) is 11.3 Å². The molecule has 2 unspecified atom stereocenters. The summed E-state index contributed by atoms with van der Waals surface area (Å²) in [5.41, 5.74) is 1.74. The predicted octanol–water partition coefficient (Wildman–Crippen LogP) is 4.86. The van der Waals surface area contributed by atoms with Crippen molar-refractivity contribution >= 4 is 17.3 Å². The number of hydrogen-bond donors (Lipinski definition) is 1. The fourth-order valence-corrected chi connectivity index (χ4v) is 3.96. The summed E-state index contributed by atoms with van der Waals surface area (Å²) >= 11 is 5.59. The largest absolute Gasteiger partial charge is 0.459 e. The van der Waals surface area contributed by atoms with Crippen LogP contribution in [0.2, 0.25) is 0 Å². The van der Waals surface area contributed by atoms with Gasteiger partial charge in [0.1, 0.15) is 23.4 Å². The summed E-state index contributed by atoms with van der Waals surface area (Å²) in [5.74, 6) is 1.23. The Labute approximate surface area is 163 Å². The van der Waals surface area contributed by atoms with Crippen molar-refractivity contribution in [2.45, 2.75) is 32.0 Å². The first-order chi connectivity index (χ1) is 13.0. The van der Waals surface area contributed by atoms with Crippen molar-refractivity contribution in [1.29, 1.82) is 0 Å². The summed E-state index contributed by atoms with van der Waals surface area (Å²) in [6.07, 6.45) is 1.78. The zero-order valence-corrected chi connectivity index (χ0v) is 15.9. The average Bonchev–Trinajstić information content (AvgIpc) is 3.27. The van der Waals surface area contributed by atoms with E-state index in [1.165, 1.54) is 12.1 Å². The predicted molar refractivity (Wildman–Crippen MR) is 107 cm³/mol. The lowest BCUT2D eigenvalue weighted by Crippen LogP contribution is -2.35. The summed E-state index contributed by atoms with van der Waals surface area (Å²) in [5, 5.41) is 4.08. The number of aromatic nitrogens is 1. The number of halogens is 1. The highest BCUT2D eigenvalue weighted by Crippen LogP contribution is 2.41. The summed E-state index contributed by atoms with van der Waals surface area (Å²) in [6, 6.07) is 16.0. The van der Waals surface area contributed by atoms with Crippen LogP contribution in [0.4, 0.5) is 4.39 Å². The summed E-state index contributed by atoms with van der Waals surface area (Å²) < 4.78 is 19.4. The van der Waals surface area contributed by atoms with Gasteiger partial charge in [-0.05, 0) is 74.6 Å². The molecule has 3 heterocycles. The number of pyridine rings is 1. The SMILES string of the molecule is CC(C)N1C(=S)NC(c2ccccn2)C1c1ccc(-c2ccc(F)cc2)o1. The third-order valence-electron chi connectivity index (χ3n) is 4.74. The van der Waals surface area contributed by atoms with E-state index in [9.17, 15) is 4.39 Å². The normalized spacial score (nSPS) is 19.6. The van der Waals surface area contributed by atoms with Crippen molar-refractivity contribution in [3.05, 3.63) is 78.1 Å². The van der Waals surface area contributed by atoms with Gasteiger partial charge in [0.15, 0.2) is 5.11 Å². The molecule has 0 aliphatic carbocycles. The number of rotatable bonds is 4. The first kappa shape index (κ1) is 17.7. The fourth-order valence-electron chi connectivity index (χ4n) is 3.51. The van der Waals surface area contributed by atoms with Gasteiger partial charge in [-0.1, -0.05) is 6.07 Å². The van der Waals surface area contributed by atoms with Gasteiger partial charge in [0, 0.05) is 17.8 Å². The van der Waals surface area contributed by atoms with Gasteiger partial charge in [-0.15, -0.1) is 0 Å². The smallest absolute Gasteiger partial charge is 0.170 e. The Balaban J connectivity index is 1.74. The number of benzene rings is 1. The maximum Gasteiger partial charge on any atom is 0.170 e. The molecule has 0 bridgehead atoms. The highest BCUT2D eigenvalue weighted by molar-refractivity contribution is 7.80. The van der Waals surface area contributed by atoms with Crippen molar-refractivity contribution in [3.63, 3.8) is 0 Å². The second-order valence-electron chi connectivity index (χ2n) is 6.84. The number of nitrogens with one attached hydrogen (secondary N) is 1. The quantitative estimate of drug-likeness (QED) is 0.654. The van der Waals surface area contributed by atoms with Crippen LogP contribution < -0.4 is 5.32 Å². The highest BCUT2D eigenvalue weighted by Gasteiger charge is 2.42. The zero-order valence-electron chi connectivity index (χ0n) is 15.1. The third-order valence-corrected chi connectivity index (χ3v) is 5.07. The molecule has 6 heteroatoms. The molecule has 1 aliphatic heterocycles. The standard InChI is InChI=1S/C21H20FN3OS/c1-13(2)25-20(19(24-21(25)27)16-5-3-4-12-23-16)18-11-10-17(26-18)14-6-8-15(22)9-7-14/h3-13,19-20H,1-2H3,(H,24,27). The van der Waals surface area contributed by atoms with Crippen molar-refractivity contribution in [1.82, 2.24) is 15.2 Å². The summed E-state index contributed by atoms with van der Waals surface area (Å²) in [4.78, 5) is 6.65. The Morgan fingerprint density at radius 2 is 1.89 bits per heavy atom. The molecule has 1 saturated heterocycles. The molecule has 0 radical (unpaired) electrons. The van der Waals surface area contributed by atoms with Gasteiger partial charge in [-0.3, -0.25) is 4.98 Å². The van der Waals surface area contributed by atoms with Crippen LogP contribution in [0, 0.1) is 5.82 Å². The lowest BCUT2D eigenvalue weighted by molar-refractivity contribution is 0.237. The molecule has 2 atom stereocenters. The lowest BCUT2D eigenvalue weighted by atomic mass is 10.0. The van der Waals surface area contributed by atoms with Crippen molar-refractivity contribution < 1.29 is 8.81 Å². The Hall–Kier alpha value is -2.73. The number of nitrogens with zero attached hydrogens (tertiary/aromatic N) is 2. The molecule has 138 valence electrons. The molecular weight excluding hydrogens is 361 g/mol. The van der Waals surface area contributed by atoms with Crippen LogP contribution in [0.5, 0.6) is 0 Å². The summed E-state index contributed by atoms with van der Waals surface area (Å²) in [6.45, 7) is 4.21. The van der Waals surface area contributed by atoms with Gasteiger partial charge >= 0.3 is 0 Å². The third kappa shape index (κ3) is 3.32. The van der Waals surface area contributed by atoms with Crippen LogP contribution in [0.25, 0.3) is 11.3 Å². The van der Waals surface area contributed by atoms with Gasteiger partial charge in [0.2, 0.25) is 0 Å². The van der Waals surface area contributed by atoms with Crippen LogP contribution in [-0.2, 0) is 0 Å². The minimum Gasteiger partial charge on any atom is -0.459 e. The van der Waals surface area contributed by atoms with Crippen LogP contribution in [0.1, 0.15) is 37.4 Å². The molecule has 1 aliphatic rings. The molecule has 3 aromatic rings. The monoisotopic (exact) mass is 381 g/mol. The fraction of sp³-hybridized carbons (Fsp3) is 0.238. The van der Waals surface area contributed by atoms with Gasteiger partial charge in [-0.2, -0.15) is 0 Å². The molecule has 0 spiro atoms. The van der Waals surface area contributed by atoms with E-state index in [-0.39, 0.29) is 23.9 Å². The molecule has 27 heavy (non-hydrogen) atoms. The molecule has 4 nitrogen and oxygen atoms in total. The second kappa shape index (κ2) is 7.12. The van der Waals surface area contributed by atoms with Gasteiger partial charge in [0.25, 0.3) is 0 Å². The molecule has 1 aromatic carbocycles. The molecule has 1 fully saturated rings. The molecule has 1 N–H and O–H groups in total. The van der Waals surface area contributed by atoms with Crippen LogP contribution in [0.3, 0.4) is 0 Å². The highest BCUT2D eigenvalue weighted by atomic mass is 32.1. The second-order valence-corrected chi connectivity index (χ2v) is 7.22. The van der Waals surface area contributed by atoms with E-state index in [1.54, 1.807) is 18.3 Å². The molecular formula is C21H20FN3OS. The number of furan rings is 1. The number of thiocarbonyl (C=S) groups is 1. The van der Waals surface area contributed by atoms with E-state index in [4.69, 9.17) is 16.6 Å². The molecule has 2 aromatic heterocycles. The van der Waals surface area contributed by atoms with Crippen LogP contribution in [-0.4, -0.2) is 21.0 Å². The Kier molecular flexibility index (Phi) is 4.66. The maximum absolute atomic E-state index is 13.2. The van der Waals surface area contributed by atoms with E-state index in [0.29, 0.717) is 10.9 Å². The first-order valence-corrected chi connectivity index (χ1v) is 9.31. The Morgan fingerprint density at radius 1 is 1.11 bits per heavy atom. The average molecular weight is 381 g/mol. The van der Waals surface area contributed by atoms with Crippen molar-refractivity contribution in [2.75, 3.05) is 0 Å². The zero-order chi connectivity index (χ0) is 19.0. The topological polar surface area (TPSA) is 41.3 Å². The van der Waals surface area contributed by atoms with E-state index in [0.717, 1.165) is 17.0 Å². The number of hydrogen-bond acceptors (Lipinski definition) is 3. The van der Waals surface area contributed by atoms with Gasteiger partial charge in [0.05, 0.1) is 11.7 Å². The van der Waals surface area contributed by atoms with Gasteiger partial charge in [-0.25, -0.2) is 4.39 Å². The van der Waals surface area contributed by atoms with E-state index >= 15 is 0 Å². The molecule has 0 saturated carbocycles. The van der Waals surface area contributed by atoms with Crippen molar-refractivity contribution in [2.24, 2.45) is 0 Å². The molecule has 4 rings (SSSR count). The van der Waals surface area contributed by atoms with Crippen LogP contribution in [0.15, 0.2) is 65.2 Å². The lowest BCUT2D eigenvalue weighted by Gasteiger charge is -2.29. The minimum atomic E-state index is -0.267. The van der Waals surface area contributed by atoms with E-state index < -0.39 is 0 Å². The Bertz CT molecular complexity index is 940. The van der Waals surface area contributed by atoms with E-state index in [1.807, 2.05) is 30.3 Å². The van der Waals surface area contributed by atoms with Gasteiger partial charge < -0.3 is 14.6 Å². The Morgan fingerprint density at radius 3 is 2.56 bits per heavy atom. The molecule has 0 amide bonds. The van der Waals surface area contributed by atoms with E-state index in [2.05, 4.69) is 29.0 Å². The van der Waals surface area contributed by atoms with Crippen LogP contribution >= 0.6 is 12.2 Å². The maximum atomic E-state index is 13.2. The minimum absolute atomic E-state index is 0.103.